The lowest BCUT2D eigenvalue weighted by Crippen LogP contribution is -2.12. The van der Waals surface area contributed by atoms with Gasteiger partial charge in [0, 0.05) is 24.7 Å². The molecule has 2 aromatic rings. The summed E-state index contributed by atoms with van der Waals surface area (Å²) in [4.78, 5) is 19.9. The molecule has 0 bridgehead atoms. The maximum Gasteiger partial charge on any atom is 0.273 e. The highest BCUT2D eigenvalue weighted by Gasteiger charge is 2.27. The summed E-state index contributed by atoms with van der Waals surface area (Å²) in [5.74, 6) is 1.28. The predicted molar refractivity (Wildman–Crippen MR) is 74.7 cm³/mol. The normalized spacial score (nSPS) is 16.3. The highest BCUT2D eigenvalue weighted by Crippen LogP contribution is 2.40. The van der Waals surface area contributed by atoms with Gasteiger partial charge in [-0.2, -0.15) is 9.97 Å². The Kier molecular flexibility index (Phi) is 3.60. The van der Waals surface area contributed by atoms with E-state index in [0.717, 1.165) is 24.4 Å². The van der Waals surface area contributed by atoms with Crippen LogP contribution < -0.4 is 5.56 Å². The second-order valence-corrected chi connectivity index (χ2v) is 6.16. The van der Waals surface area contributed by atoms with E-state index in [-0.39, 0.29) is 10.8 Å². The van der Waals surface area contributed by atoms with Gasteiger partial charge in [-0.25, -0.2) is 0 Å². The molecule has 20 heavy (non-hydrogen) atoms. The molecule has 0 N–H and O–H groups in total. The minimum atomic E-state index is -0.212. The highest BCUT2D eigenvalue weighted by atomic mass is 32.2. The van der Waals surface area contributed by atoms with Gasteiger partial charge in [-0.1, -0.05) is 23.8 Å². The van der Waals surface area contributed by atoms with Crippen LogP contribution in [0.15, 0.2) is 26.7 Å². The summed E-state index contributed by atoms with van der Waals surface area (Å²) in [6, 6.07) is 1.99. The van der Waals surface area contributed by atoms with Crippen molar-refractivity contribution in [2.24, 2.45) is 0 Å². The van der Waals surface area contributed by atoms with Gasteiger partial charge in [-0.05, 0) is 19.8 Å². The second-order valence-electron chi connectivity index (χ2n) is 4.85. The molecule has 1 saturated carbocycles. The van der Waals surface area contributed by atoms with Crippen LogP contribution in [0.2, 0.25) is 0 Å². The van der Waals surface area contributed by atoms with Gasteiger partial charge in [0.25, 0.3) is 5.56 Å². The fourth-order valence-electron chi connectivity index (χ4n) is 1.90. The molecule has 6 nitrogen and oxygen atoms in total. The molecule has 0 saturated heterocycles. The molecule has 0 aliphatic heterocycles. The Hall–Kier alpha value is -1.63. The molecular weight excluding hydrogens is 276 g/mol. The Bertz CT molecular complexity index is 662. The van der Waals surface area contributed by atoms with Gasteiger partial charge in [-0.15, -0.1) is 0 Å². The van der Waals surface area contributed by atoms with Gasteiger partial charge < -0.3 is 9.09 Å². The summed E-state index contributed by atoms with van der Waals surface area (Å²) in [6.07, 6.45) is 4.87. The fourth-order valence-corrected chi connectivity index (χ4v) is 2.89. The molecule has 0 spiro atoms. The van der Waals surface area contributed by atoms with Crippen LogP contribution in [-0.2, 0) is 6.42 Å². The van der Waals surface area contributed by atoms with Crippen molar-refractivity contribution in [2.75, 3.05) is 0 Å². The topological polar surface area (TPSA) is 73.8 Å². The molecule has 2 heterocycles. The van der Waals surface area contributed by atoms with Crippen molar-refractivity contribution in [1.82, 2.24) is 19.7 Å². The molecule has 0 amide bonds. The minimum absolute atomic E-state index is 0.0258. The third kappa shape index (κ3) is 2.77. The third-order valence-corrected chi connectivity index (χ3v) is 4.24. The van der Waals surface area contributed by atoms with E-state index in [1.807, 2.05) is 20.0 Å². The van der Waals surface area contributed by atoms with E-state index in [1.54, 1.807) is 0 Å². The van der Waals surface area contributed by atoms with Crippen molar-refractivity contribution in [3.05, 3.63) is 34.3 Å². The van der Waals surface area contributed by atoms with Gasteiger partial charge in [0.05, 0.1) is 5.25 Å². The Morgan fingerprint density at radius 1 is 1.50 bits per heavy atom. The Morgan fingerprint density at radius 2 is 2.30 bits per heavy atom. The average Bonchev–Trinajstić information content (AvgIpc) is 3.15. The molecule has 7 heteroatoms. The zero-order chi connectivity index (χ0) is 14.1. The van der Waals surface area contributed by atoms with Gasteiger partial charge >= 0.3 is 0 Å². The molecule has 0 aromatic carbocycles. The lowest BCUT2D eigenvalue weighted by molar-refractivity contribution is 0.375. The Labute approximate surface area is 120 Å². The lowest BCUT2D eigenvalue weighted by Gasteiger charge is -2.12. The first-order valence-electron chi connectivity index (χ1n) is 6.75. The van der Waals surface area contributed by atoms with Gasteiger partial charge in [0.15, 0.2) is 11.0 Å². The molecule has 1 aliphatic carbocycles. The lowest BCUT2D eigenvalue weighted by atomic mass is 10.4. The number of aromatic nitrogens is 4. The molecule has 1 fully saturated rings. The summed E-state index contributed by atoms with van der Waals surface area (Å²) in [7, 11) is 0. The maximum absolute atomic E-state index is 11.5. The van der Waals surface area contributed by atoms with Crippen molar-refractivity contribution >= 4 is 11.8 Å². The number of hydrogen-bond acceptors (Lipinski definition) is 6. The first-order chi connectivity index (χ1) is 9.67. The standard InChI is InChI=1S/C13H16N4O2S/c1-3-10-14-12(19-16-10)8(2)20-13-15-11(18)6-7-17(13)9-4-5-9/h6-9H,3-5H2,1-2H3/t8-/m0/s1. The summed E-state index contributed by atoms with van der Waals surface area (Å²) in [5, 5.41) is 4.60. The minimum Gasteiger partial charge on any atom is -0.338 e. The van der Waals surface area contributed by atoms with Crippen LogP contribution in [0.4, 0.5) is 0 Å². The quantitative estimate of drug-likeness (QED) is 0.622. The van der Waals surface area contributed by atoms with Crippen LogP contribution >= 0.6 is 11.8 Å². The zero-order valence-corrected chi connectivity index (χ0v) is 12.3. The van der Waals surface area contributed by atoms with Crippen molar-refractivity contribution in [3.8, 4) is 0 Å². The number of nitrogens with zero attached hydrogens (tertiary/aromatic N) is 4. The van der Waals surface area contributed by atoms with Crippen LogP contribution in [0.25, 0.3) is 0 Å². The summed E-state index contributed by atoms with van der Waals surface area (Å²) >= 11 is 1.49. The van der Waals surface area contributed by atoms with E-state index in [0.29, 0.717) is 17.8 Å². The number of thioether (sulfide) groups is 1. The second kappa shape index (κ2) is 5.40. The van der Waals surface area contributed by atoms with Gasteiger partial charge in [0.1, 0.15) is 0 Å². The van der Waals surface area contributed by atoms with Crippen molar-refractivity contribution in [3.63, 3.8) is 0 Å². The summed E-state index contributed by atoms with van der Waals surface area (Å²) in [5.41, 5.74) is -0.212. The number of rotatable bonds is 5. The first-order valence-corrected chi connectivity index (χ1v) is 7.63. The van der Waals surface area contributed by atoms with E-state index in [9.17, 15) is 4.79 Å². The SMILES string of the molecule is CCc1noc([C@H](C)Sc2nc(=O)ccn2C2CC2)n1. The van der Waals surface area contributed by atoms with Crippen LogP contribution in [0.3, 0.4) is 0 Å². The van der Waals surface area contributed by atoms with E-state index < -0.39 is 0 Å². The van der Waals surface area contributed by atoms with Crippen molar-refractivity contribution in [2.45, 2.75) is 49.6 Å². The molecule has 0 unspecified atom stereocenters. The van der Waals surface area contributed by atoms with E-state index >= 15 is 0 Å². The highest BCUT2D eigenvalue weighted by molar-refractivity contribution is 7.99. The number of hydrogen-bond donors (Lipinski definition) is 0. The monoisotopic (exact) mass is 292 g/mol. The predicted octanol–water partition coefficient (Wildman–Crippen LogP) is 2.38. The molecule has 0 radical (unpaired) electrons. The van der Waals surface area contributed by atoms with Crippen LogP contribution in [0, 0.1) is 0 Å². The first kappa shape index (κ1) is 13.4. The Balaban J connectivity index is 1.82. The smallest absolute Gasteiger partial charge is 0.273 e. The van der Waals surface area contributed by atoms with Crippen LogP contribution in [0.1, 0.15) is 49.7 Å². The molecule has 1 aliphatic rings. The number of aryl methyl sites for hydroxylation is 1. The third-order valence-electron chi connectivity index (χ3n) is 3.17. The fraction of sp³-hybridized carbons (Fsp3) is 0.538. The molecule has 3 rings (SSSR count). The van der Waals surface area contributed by atoms with Crippen LogP contribution in [-0.4, -0.2) is 19.7 Å². The Morgan fingerprint density at radius 3 is 2.95 bits per heavy atom. The zero-order valence-electron chi connectivity index (χ0n) is 11.4. The molecule has 2 aromatic heterocycles. The maximum atomic E-state index is 11.5. The average molecular weight is 292 g/mol. The van der Waals surface area contributed by atoms with Crippen molar-refractivity contribution in [1.29, 1.82) is 0 Å². The van der Waals surface area contributed by atoms with Gasteiger partial charge in [-0.3, -0.25) is 4.79 Å². The molecule has 106 valence electrons. The summed E-state index contributed by atoms with van der Waals surface area (Å²) < 4.78 is 7.31. The summed E-state index contributed by atoms with van der Waals surface area (Å²) in [6.45, 7) is 3.96. The molecular formula is C13H16N4O2S. The van der Waals surface area contributed by atoms with E-state index in [2.05, 4.69) is 19.7 Å². The van der Waals surface area contributed by atoms with E-state index in [1.165, 1.54) is 17.8 Å². The van der Waals surface area contributed by atoms with Gasteiger partial charge in [0.2, 0.25) is 5.89 Å². The van der Waals surface area contributed by atoms with Crippen LogP contribution in [0.5, 0.6) is 0 Å². The molecule has 1 atom stereocenters. The largest absolute Gasteiger partial charge is 0.338 e. The van der Waals surface area contributed by atoms with E-state index in [4.69, 9.17) is 4.52 Å². The van der Waals surface area contributed by atoms with Crippen molar-refractivity contribution < 1.29 is 4.52 Å².